The van der Waals surface area contributed by atoms with Crippen molar-refractivity contribution >= 4 is 6.09 Å². The van der Waals surface area contributed by atoms with Crippen LogP contribution in [0.15, 0.2) is 24.3 Å². The second kappa shape index (κ2) is 7.17. The molecule has 2 rings (SSSR count). The third-order valence-corrected chi connectivity index (χ3v) is 3.61. The molecule has 1 aliphatic heterocycles. The van der Waals surface area contributed by atoms with Crippen LogP contribution in [0.25, 0.3) is 0 Å². The summed E-state index contributed by atoms with van der Waals surface area (Å²) in [5, 5.41) is 0. The summed E-state index contributed by atoms with van der Waals surface area (Å²) in [4.78, 5) is 13.5. The fraction of sp³-hybridized carbons (Fsp3) is 0.562. The van der Waals surface area contributed by atoms with E-state index < -0.39 is 0 Å². The molecule has 4 nitrogen and oxygen atoms in total. The maximum Gasteiger partial charge on any atom is 0.409 e. The summed E-state index contributed by atoms with van der Waals surface area (Å²) in [6.45, 7) is 6.48. The summed E-state index contributed by atoms with van der Waals surface area (Å²) in [6, 6.07) is 8.02. The van der Waals surface area contributed by atoms with Crippen molar-refractivity contribution in [1.29, 1.82) is 0 Å². The Hall–Kier alpha value is -1.71. The van der Waals surface area contributed by atoms with E-state index in [4.69, 9.17) is 9.47 Å². The number of para-hydroxylation sites is 1. The van der Waals surface area contributed by atoms with Crippen molar-refractivity contribution in [3.05, 3.63) is 29.8 Å². The second-order valence-corrected chi connectivity index (χ2v) is 5.23. The summed E-state index contributed by atoms with van der Waals surface area (Å²) in [7, 11) is 0. The molecule has 0 aromatic heterocycles. The highest BCUT2D eigenvalue weighted by Crippen LogP contribution is 2.21. The Morgan fingerprint density at radius 1 is 1.40 bits per heavy atom. The SMILES string of the molecule is CCOC(=O)N1CCCC(COc2ccccc2C)C1. The van der Waals surface area contributed by atoms with Gasteiger partial charge < -0.3 is 14.4 Å². The van der Waals surface area contributed by atoms with Crippen LogP contribution in [-0.4, -0.2) is 37.3 Å². The van der Waals surface area contributed by atoms with Crippen LogP contribution < -0.4 is 4.74 Å². The molecule has 110 valence electrons. The summed E-state index contributed by atoms with van der Waals surface area (Å²) in [5.41, 5.74) is 1.14. The van der Waals surface area contributed by atoms with Gasteiger partial charge in [-0.2, -0.15) is 0 Å². The van der Waals surface area contributed by atoms with Gasteiger partial charge in [-0.15, -0.1) is 0 Å². The number of nitrogens with zero attached hydrogens (tertiary/aromatic N) is 1. The monoisotopic (exact) mass is 277 g/mol. The second-order valence-electron chi connectivity index (χ2n) is 5.23. The van der Waals surface area contributed by atoms with Crippen molar-refractivity contribution in [3.63, 3.8) is 0 Å². The fourth-order valence-corrected chi connectivity index (χ4v) is 2.51. The number of carbonyl (C=O) groups is 1. The van der Waals surface area contributed by atoms with Crippen molar-refractivity contribution in [2.75, 3.05) is 26.3 Å². The molecule has 0 radical (unpaired) electrons. The van der Waals surface area contributed by atoms with Gasteiger partial charge in [-0.25, -0.2) is 4.79 Å². The molecular weight excluding hydrogens is 254 g/mol. The lowest BCUT2D eigenvalue weighted by Crippen LogP contribution is -2.41. The van der Waals surface area contributed by atoms with Crippen LogP contribution in [0.2, 0.25) is 0 Å². The zero-order chi connectivity index (χ0) is 14.4. The van der Waals surface area contributed by atoms with E-state index in [9.17, 15) is 4.79 Å². The van der Waals surface area contributed by atoms with Crippen LogP contribution >= 0.6 is 0 Å². The summed E-state index contributed by atoms with van der Waals surface area (Å²) in [6.07, 6.45) is 1.91. The van der Waals surface area contributed by atoms with Gasteiger partial charge in [0.05, 0.1) is 13.2 Å². The van der Waals surface area contributed by atoms with Crippen LogP contribution in [0.4, 0.5) is 4.79 Å². The number of amides is 1. The van der Waals surface area contributed by atoms with Gasteiger partial charge in [0.2, 0.25) is 0 Å². The maximum atomic E-state index is 11.7. The molecule has 1 saturated heterocycles. The van der Waals surface area contributed by atoms with Gasteiger partial charge in [-0.1, -0.05) is 18.2 Å². The number of rotatable bonds is 4. The zero-order valence-electron chi connectivity index (χ0n) is 12.3. The summed E-state index contributed by atoms with van der Waals surface area (Å²) < 4.78 is 10.9. The van der Waals surface area contributed by atoms with Crippen LogP contribution in [0.5, 0.6) is 5.75 Å². The highest BCUT2D eigenvalue weighted by Gasteiger charge is 2.24. The Balaban J connectivity index is 1.84. The van der Waals surface area contributed by atoms with Crippen molar-refractivity contribution in [2.24, 2.45) is 5.92 Å². The summed E-state index contributed by atoms with van der Waals surface area (Å²) >= 11 is 0. The molecule has 1 atom stereocenters. The standard InChI is InChI=1S/C16H23NO3/c1-3-19-16(18)17-10-6-8-14(11-17)12-20-15-9-5-4-7-13(15)2/h4-5,7,9,14H,3,6,8,10-12H2,1-2H3. The molecule has 1 aromatic carbocycles. The molecule has 1 fully saturated rings. The molecular formula is C16H23NO3. The Morgan fingerprint density at radius 3 is 2.95 bits per heavy atom. The summed E-state index contributed by atoms with van der Waals surface area (Å²) in [5.74, 6) is 1.31. The van der Waals surface area contributed by atoms with Gasteiger partial charge in [-0.3, -0.25) is 0 Å². The van der Waals surface area contributed by atoms with E-state index in [1.807, 2.05) is 38.1 Å². The minimum atomic E-state index is -0.201. The van der Waals surface area contributed by atoms with Crippen LogP contribution in [-0.2, 0) is 4.74 Å². The molecule has 1 aromatic rings. The van der Waals surface area contributed by atoms with E-state index in [1.54, 1.807) is 4.90 Å². The third kappa shape index (κ3) is 3.89. The third-order valence-electron chi connectivity index (χ3n) is 3.61. The zero-order valence-corrected chi connectivity index (χ0v) is 12.3. The topological polar surface area (TPSA) is 38.8 Å². The van der Waals surface area contributed by atoms with E-state index in [2.05, 4.69) is 0 Å². The van der Waals surface area contributed by atoms with Crippen LogP contribution in [0.3, 0.4) is 0 Å². The van der Waals surface area contributed by atoms with Crippen molar-refractivity contribution in [2.45, 2.75) is 26.7 Å². The lowest BCUT2D eigenvalue weighted by atomic mass is 9.99. The number of hydrogen-bond acceptors (Lipinski definition) is 3. The normalized spacial score (nSPS) is 18.7. The molecule has 20 heavy (non-hydrogen) atoms. The van der Waals surface area contributed by atoms with Gasteiger partial charge >= 0.3 is 6.09 Å². The quantitative estimate of drug-likeness (QED) is 0.848. The number of aryl methyl sites for hydroxylation is 1. The fourth-order valence-electron chi connectivity index (χ4n) is 2.51. The Morgan fingerprint density at radius 2 is 2.20 bits per heavy atom. The van der Waals surface area contributed by atoms with Crippen LogP contribution in [0.1, 0.15) is 25.3 Å². The van der Waals surface area contributed by atoms with E-state index in [0.29, 0.717) is 19.1 Å². The van der Waals surface area contributed by atoms with Gasteiger partial charge in [0, 0.05) is 19.0 Å². The minimum Gasteiger partial charge on any atom is -0.493 e. The molecule has 1 amide bonds. The first-order chi connectivity index (χ1) is 9.70. The first kappa shape index (κ1) is 14.7. The first-order valence-electron chi connectivity index (χ1n) is 7.30. The van der Waals surface area contributed by atoms with E-state index in [-0.39, 0.29) is 6.09 Å². The Labute approximate surface area is 120 Å². The van der Waals surface area contributed by atoms with Crippen molar-refractivity contribution < 1.29 is 14.3 Å². The van der Waals surface area contributed by atoms with Gasteiger partial charge in [0.1, 0.15) is 5.75 Å². The molecule has 1 aliphatic rings. The predicted octanol–water partition coefficient (Wildman–Crippen LogP) is 3.24. The van der Waals surface area contributed by atoms with Crippen LogP contribution in [0, 0.1) is 12.8 Å². The maximum absolute atomic E-state index is 11.7. The van der Waals surface area contributed by atoms with Gasteiger partial charge in [0.15, 0.2) is 0 Å². The minimum absolute atomic E-state index is 0.201. The number of carbonyl (C=O) groups excluding carboxylic acids is 1. The van der Waals surface area contributed by atoms with Gasteiger partial charge in [-0.05, 0) is 38.3 Å². The number of ether oxygens (including phenoxy) is 2. The van der Waals surface area contributed by atoms with E-state index >= 15 is 0 Å². The molecule has 0 saturated carbocycles. The molecule has 0 aliphatic carbocycles. The molecule has 0 bridgehead atoms. The lowest BCUT2D eigenvalue weighted by Gasteiger charge is -2.31. The first-order valence-corrected chi connectivity index (χ1v) is 7.30. The number of benzene rings is 1. The number of hydrogen-bond donors (Lipinski definition) is 0. The molecule has 0 N–H and O–H groups in total. The molecule has 0 spiro atoms. The lowest BCUT2D eigenvalue weighted by molar-refractivity contribution is 0.0789. The Bertz CT molecular complexity index is 447. The molecule has 1 unspecified atom stereocenters. The number of piperidine rings is 1. The number of likely N-dealkylation sites (tertiary alicyclic amines) is 1. The largest absolute Gasteiger partial charge is 0.493 e. The van der Waals surface area contributed by atoms with E-state index in [1.165, 1.54) is 0 Å². The van der Waals surface area contributed by atoms with Crippen molar-refractivity contribution in [3.8, 4) is 5.75 Å². The molecule has 1 heterocycles. The molecule has 4 heteroatoms. The highest BCUT2D eigenvalue weighted by molar-refractivity contribution is 5.67. The van der Waals surface area contributed by atoms with Crippen molar-refractivity contribution in [1.82, 2.24) is 4.90 Å². The highest BCUT2D eigenvalue weighted by atomic mass is 16.6. The average molecular weight is 277 g/mol. The average Bonchev–Trinajstić information content (AvgIpc) is 2.47. The smallest absolute Gasteiger partial charge is 0.409 e. The van der Waals surface area contributed by atoms with Gasteiger partial charge in [0.25, 0.3) is 0 Å². The van der Waals surface area contributed by atoms with E-state index in [0.717, 1.165) is 37.2 Å². The predicted molar refractivity (Wildman–Crippen MR) is 78.0 cm³/mol. The Kier molecular flexibility index (Phi) is 5.27.